The molecule has 0 radical (unpaired) electrons. The molecule has 4 heteroatoms. The SMILES string of the molecule is COc1ccc(C)cc1CNC(=O)Cc1ccccc1OC. The average molecular weight is 299 g/mol. The number of methoxy groups -OCH3 is 2. The highest BCUT2D eigenvalue weighted by Gasteiger charge is 2.09. The van der Waals surface area contributed by atoms with Gasteiger partial charge in [-0.15, -0.1) is 0 Å². The van der Waals surface area contributed by atoms with Crippen molar-refractivity contribution in [2.24, 2.45) is 0 Å². The van der Waals surface area contributed by atoms with Crippen LogP contribution in [0.4, 0.5) is 0 Å². The van der Waals surface area contributed by atoms with Crippen LogP contribution in [0.3, 0.4) is 0 Å². The standard InChI is InChI=1S/C18H21NO3/c1-13-8-9-17(22-3)15(10-13)12-19-18(20)11-14-6-4-5-7-16(14)21-2/h4-10H,11-12H2,1-3H3,(H,19,20). The number of benzene rings is 2. The Hall–Kier alpha value is -2.49. The quantitative estimate of drug-likeness (QED) is 0.892. The third-order valence-corrected chi connectivity index (χ3v) is 3.46. The predicted molar refractivity (Wildman–Crippen MR) is 86.3 cm³/mol. The van der Waals surface area contributed by atoms with Crippen LogP contribution in [-0.4, -0.2) is 20.1 Å². The maximum atomic E-state index is 12.1. The number of rotatable bonds is 6. The number of amides is 1. The monoisotopic (exact) mass is 299 g/mol. The van der Waals surface area contributed by atoms with Crippen LogP contribution < -0.4 is 14.8 Å². The van der Waals surface area contributed by atoms with Gasteiger partial charge >= 0.3 is 0 Å². The van der Waals surface area contributed by atoms with Crippen molar-refractivity contribution in [3.63, 3.8) is 0 Å². The maximum absolute atomic E-state index is 12.1. The molecular formula is C18H21NO3. The minimum absolute atomic E-state index is 0.0481. The van der Waals surface area contributed by atoms with E-state index in [1.54, 1.807) is 14.2 Å². The zero-order valence-corrected chi connectivity index (χ0v) is 13.2. The molecule has 0 fully saturated rings. The van der Waals surface area contributed by atoms with E-state index in [1.165, 1.54) is 0 Å². The number of hydrogen-bond acceptors (Lipinski definition) is 3. The van der Waals surface area contributed by atoms with E-state index in [-0.39, 0.29) is 12.3 Å². The lowest BCUT2D eigenvalue weighted by atomic mass is 10.1. The molecule has 2 rings (SSSR count). The third kappa shape index (κ3) is 4.01. The highest BCUT2D eigenvalue weighted by molar-refractivity contribution is 5.79. The van der Waals surface area contributed by atoms with E-state index in [1.807, 2.05) is 49.4 Å². The summed E-state index contributed by atoms with van der Waals surface area (Å²) < 4.78 is 10.6. The van der Waals surface area contributed by atoms with Crippen LogP contribution in [0.2, 0.25) is 0 Å². The molecule has 0 spiro atoms. The van der Waals surface area contributed by atoms with Gasteiger partial charge in [0.2, 0.25) is 5.91 Å². The zero-order chi connectivity index (χ0) is 15.9. The van der Waals surface area contributed by atoms with Crippen LogP contribution in [0.15, 0.2) is 42.5 Å². The van der Waals surface area contributed by atoms with Gasteiger partial charge in [0.25, 0.3) is 0 Å². The van der Waals surface area contributed by atoms with Crippen molar-refractivity contribution in [2.45, 2.75) is 19.9 Å². The topological polar surface area (TPSA) is 47.6 Å². The van der Waals surface area contributed by atoms with E-state index in [9.17, 15) is 4.79 Å². The number of carbonyl (C=O) groups is 1. The second kappa shape index (κ2) is 7.50. The summed E-state index contributed by atoms with van der Waals surface area (Å²) in [5.41, 5.74) is 2.98. The van der Waals surface area contributed by atoms with Gasteiger partial charge in [0.05, 0.1) is 20.6 Å². The summed E-state index contributed by atoms with van der Waals surface area (Å²) in [7, 11) is 3.24. The molecule has 0 aliphatic carbocycles. The van der Waals surface area contributed by atoms with Crippen LogP contribution in [-0.2, 0) is 17.8 Å². The molecule has 0 unspecified atom stereocenters. The van der Waals surface area contributed by atoms with E-state index in [4.69, 9.17) is 9.47 Å². The number of ether oxygens (including phenoxy) is 2. The normalized spacial score (nSPS) is 10.1. The van der Waals surface area contributed by atoms with Gasteiger partial charge in [-0.25, -0.2) is 0 Å². The minimum atomic E-state index is -0.0481. The first-order valence-electron chi connectivity index (χ1n) is 7.16. The van der Waals surface area contributed by atoms with Crippen LogP contribution in [0.5, 0.6) is 11.5 Å². The fourth-order valence-corrected chi connectivity index (χ4v) is 2.32. The second-order valence-corrected chi connectivity index (χ2v) is 5.08. The summed E-state index contributed by atoms with van der Waals surface area (Å²) in [6, 6.07) is 13.4. The largest absolute Gasteiger partial charge is 0.496 e. The van der Waals surface area contributed by atoms with Crippen LogP contribution >= 0.6 is 0 Å². The summed E-state index contributed by atoms with van der Waals surface area (Å²) in [5.74, 6) is 1.46. The van der Waals surface area contributed by atoms with Gasteiger partial charge < -0.3 is 14.8 Å². The number of nitrogens with one attached hydrogen (secondary N) is 1. The van der Waals surface area contributed by atoms with Gasteiger partial charge in [-0.3, -0.25) is 4.79 Å². The first-order chi connectivity index (χ1) is 10.6. The Kier molecular flexibility index (Phi) is 5.42. The lowest BCUT2D eigenvalue weighted by Crippen LogP contribution is -2.25. The smallest absolute Gasteiger partial charge is 0.224 e. The number of hydrogen-bond donors (Lipinski definition) is 1. The molecule has 1 amide bonds. The summed E-state index contributed by atoms with van der Waals surface area (Å²) in [5, 5.41) is 2.93. The van der Waals surface area contributed by atoms with E-state index in [2.05, 4.69) is 5.32 Å². The molecule has 22 heavy (non-hydrogen) atoms. The number of aryl methyl sites for hydroxylation is 1. The van der Waals surface area contributed by atoms with Gasteiger partial charge in [-0.2, -0.15) is 0 Å². The van der Waals surface area contributed by atoms with E-state index >= 15 is 0 Å². The number of para-hydroxylation sites is 1. The Morgan fingerprint density at radius 3 is 2.41 bits per heavy atom. The van der Waals surface area contributed by atoms with E-state index in [0.717, 1.165) is 28.2 Å². The van der Waals surface area contributed by atoms with Crippen molar-refractivity contribution >= 4 is 5.91 Å². The molecular weight excluding hydrogens is 278 g/mol. The summed E-state index contributed by atoms with van der Waals surface area (Å²) in [6.45, 7) is 2.46. The molecule has 0 bridgehead atoms. The molecule has 2 aromatic carbocycles. The van der Waals surface area contributed by atoms with Gasteiger partial charge in [0, 0.05) is 17.7 Å². The third-order valence-electron chi connectivity index (χ3n) is 3.46. The Morgan fingerprint density at radius 1 is 1.00 bits per heavy atom. The first-order valence-corrected chi connectivity index (χ1v) is 7.16. The minimum Gasteiger partial charge on any atom is -0.496 e. The van der Waals surface area contributed by atoms with Crippen molar-refractivity contribution in [2.75, 3.05) is 14.2 Å². The van der Waals surface area contributed by atoms with Crippen LogP contribution in [0.1, 0.15) is 16.7 Å². The van der Waals surface area contributed by atoms with Gasteiger partial charge in [0.15, 0.2) is 0 Å². The Labute approximate surface area is 131 Å². The molecule has 116 valence electrons. The van der Waals surface area contributed by atoms with Gasteiger partial charge in [-0.1, -0.05) is 35.9 Å². The Morgan fingerprint density at radius 2 is 1.68 bits per heavy atom. The lowest BCUT2D eigenvalue weighted by Gasteiger charge is -2.12. The maximum Gasteiger partial charge on any atom is 0.224 e. The molecule has 0 saturated carbocycles. The zero-order valence-electron chi connectivity index (χ0n) is 13.2. The van der Waals surface area contributed by atoms with Crippen molar-refractivity contribution in [1.29, 1.82) is 0 Å². The van der Waals surface area contributed by atoms with Crippen molar-refractivity contribution in [3.8, 4) is 11.5 Å². The highest BCUT2D eigenvalue weighted by Crippen LogP contribution is 2.20. The van der Waals surface area contributed by atoms with E-state index < -0.39 is 0 Å². The van der Waals surface area contributed by atoms with Crippen molar-refractivity contribution in [1.82, 2.24) is 5.32 Å². The average Bonchev–Trinajstić information content (AvgIpc) is 2.53. The van der Waals surface area contributed by atoms with Crippen LogP contribution in [0, 0.1) is 6.92 Å². The Balaban J connectivity index is 2.00. The fraction of sp³-hybridized carbons (Fsp3) is 0.278. The summed E-state index contributed by atoms with van der Waals surface area (Å²) in [6.07, 6.45) is 0.290. The molecule has 0 aliphatic heterocycles. The molecule has 0 saturated heterocycles. The molecule has 2 aromatic rings. The molecule has 0 atom stereocenters. The molecule has 0 heterocycles. The highest BCUT2D eigenvalue weighted by atomic mass is 16.5. The molecule has 1 N–H and O–H groups in total. The van der Waals surface area contributed by atoms with Crippen molar-refractivity contribution < 1.29 is 14.3 Å². The van der Waals surface area contributed by atoms with Gasteiger partial charge in [-0.05, 0) is 19.1 Å². The Bertz CT molecular complexity index is 653. The second-order valence-electron chi connectivity index (χ2n) is 5.08. The molecule has 0 aromatic heterocycles. The molecule has 0 aliphatic rings. The lowest BCUT2D eigenvalue weighted by molar-refractivity contribution is -0.120. The van der Waals surface area contributed by atoms with Gasteiger partial charge in [0.1, 0.15) is 11.5 Å². The predicted octanol–water partition coefficient (Wildman–Crippen LogP) is 2.87. The molecule has 4 nitrogen and oxygen atoms in total. The summed E-state index contributed by atoms with van der Waals surface area (Å²) in [4.78, 5) is 12.1. The van der Waals surface area contributed by atoms with E-state index in [0.29, 0.717) is 6.54 Å². The number of carbonyl (C=O) groups excluding carboxylic acids is 1. The van der Waals surface area contributed by atoms with Crippen LogP contribution in [0.25, 0.3) is 0 Å². The van der Waals surface area contributed by atoms with Crippen molar-refractivity contribution in [3.05, 3.63) is 59.2 Å². The fourth-order valence-electron chi connectivity index (χ4n) is 2.32. The summed E-state index contributed by atoms with van der Waals surface area (Å²) >= 11 is 0. The first kappa shape index (κ1) is 15.9.